The van der Waals surface area contributed by atoms with Crippen LogP contribution in [0.5, 0.6) is 0 Å². The van der Waals surface area contributed by atoms with Gasteiger partial charge in [0.25, 0.3) is 0 Å². The molecule has 2 atom stereocenters. The molecule has 0 aromatic heterocycles. The lowest BCUT2D eigenvalue weighted by atomic mass is 10.1. The van der Waals surface area contributed by atoms with Crippen molar-refractivity contribution in [2.24, 2.45) is 0 Å². The zero-order valence-electron chi connectivity index (χ0n) is 7.83. The average Bonchev–Trinajstić information content (AvgIpc) is 2.44. The number of benzene rings is 1. The van der Waals surface area contributed by atoms with Crippen LogP contribution in [0.1, 0.15) is 24.1 Å². The van der Waals surface area contributed by atoms with Crippen molar-refractivity contribution in [1.82, 2.24) is 5.32 Å². The molecule has 0 saturated carbocycles. The second-order valence-electron chi connectivity index (χ2n) is 3.51. The van der Waals surface area contributed by atoms with E-state index in [0.29, 0.717) is 0 Å². The molecule has 70 valence electrons. The van der Waals surface area contributed by atoms with Crippen molar-refractivity contribution in [2.75, 3.05) is 6.54 Å². The highest BCUT2D eigenvalue weighted by Gasteiger charge is 2.29. The van der Waals surface area contributed by atoms with Crippen LogP contribution in [0.25, 0.3) is 0 Å². The van der Waals surface area contributed by atoms with E-state index in [4.69, 9.17) is 0 Å². The maximum atomic E-state index is 9.78. The minimum Gasteiger partial charge on any atom is -0.391 e. The van der Waals surface area contributed by atoms with Crippen LogP contribution in [-0.4, -0.2) is 17.8 Å². The summed E-state index contributed by atoms with van der Waals surface area (Å²) in [7, 11) is 0. The standard InChI is InChI=1S/C11H15NO/c1-2-12-11-9-6-4-3-5-8(9)7-10(11)13/h3-6,10-13H,2,7H2,1H3/t10-,11-/m0/s1. The van der Waals surface area contributed by atoms with Gasteiger partial charge in [-0.1, -0.05) is 31.2 Å². The molecule has 0 amide bonds. The number of nitrogens with one attached hydrogen (secondary N) is 1. The molecule has 0 radical (unpaired) electrons. The first-order valence-corrected chi connectivity index (χ1v) is 4.82. The highest BCUT2D eigenvalue weighted by atomic mass is 16.3. The maximum Gasteiger partial charge on any atom is 0.0775 e. The van der Waals surface area contributed by atoms with Gasteiger partial charge in [0.2, 0.25) is 0 Å². The van der Waals surface area contributed by atoms with E-state index >= 15 is 0 Å². The van der Waals surface area contributed by atoms with Crippen LogP contribution in [-0.2, 0) is 6.42 Å². The van der Waals surface area contributed by atoms with E-state index in [-0.39, 0.29) is 12.1 Å². The Morgan fingerprint density at radius 1 is 1.46 bits per heavy atom. The molecule has 13 heavy (non-hydrogen) atoms. The summed E-state index contributed by atoms with van der Waals surface area (Å²) in [6, 6.07) is 8.39. The van der Waals surface area contributed by atoms with Gasteiger partial charge in [0.1, 0.15) is 0 Å². The fourth-order valence-electron chi connectivity index (χ4n) is 2.04. The smallest absolute Gasteiger partial charge is 0.0775 e. The lowest BCUT2D eigenvalue weighted by Crippen LogP contribution is -2.28. The Morgan fingerprint density at radius 3 is 3.00 bits per heavy atom. The van der Waals surface area contributed by atoms with E-state index in [1.807, 2.05) is 12.1 Å². The topological polar surface area (TPSA) is 32.3 Å². The molecule has 0 unspecified atom stereocenters. The molecule has 0 fully saturated rings. The third-order valence-corrected chi connectivity index (χ3v) is 2.63. The fourth-order valence-corrected chi connectivity index (χ4v) is 2.04. The van der Waals surface area contributed by atoms with Gasteiger partial charge in [-0.3, -0.25) is 0 Å². The van der Waals surface area contributed by atoms with Crippen LogP contribution in [0, 0.1) is 0 Å². The predicted molar refractivity (Wildman–Crippen MR) is 52.6 cm³/mol. The molecule has 0 bridgehead atoms. The van der Waals surface area contributed by atoms with Gasteiger partial charge in [-0.2, -0.15) is 0 Å². The molecule has 0 spiro atoms. The molecule has 2 heteroatoms. The van der Waals surface area contributed by atoms with E-state index < -0.39 is 0 Å². The molecular formula is C11H15NO. The van der Waals surface area contributed by atoms with Crippen molar-refractivity contribution in [3.63, 3.8) is 0 Å². The summed E-state index contributed by atoms with van der Waals surface area (Å²) in [4.78, 5) is 0. The SMILES string of the molecule is CCN[C@H]1c2ccccc2C[C@@H]1O. The Labute approximate surface area is 78.6 Å². The lowest BCUT2D eigenvalue weighted by molar-refractivity contribution is 0.142. The first-order valence-electron chi connectivity index (χ1n) is 4.82. The largest absolute Gasteiger partial charge is 0.391 e. The number of hydrogen-bond acceptors (Lipinski definition) is 2. The summed E-state index contributed by atoms with van der Waals surface area (Å²) in [5.74, 6) is 0. The Morgan fingerprint density at radius 2 is 2.23 bits per heavy atom. The zero-order chi connectivity index (χ0) is 9.26. The summed E-state index contributed by atoms with van der Waals surface area (Å²) in [5.41, 5.74) is 2.54. The number of hydrogen-bond donors (Lipinski definition) is 2. The quantitative estimate of drug-likeness (QED) is 0.712. The second-order valence-corrected chi connectivity index (χ2v) is 3.51. The predicted octanol–water partition coefficient (Wildman–Crippen LogP) is 1.25. The highest BCUT2D eigenvalue weighted by molar-refractivity contribution is 5.36. The van der Waals surface area contributed by atoms with Crippen molar-refractivity contribution >= 4 is 0 Å². The maximum absolute atomic E-state index is 9.78. The molecule has 1 aromatic carbocycles. The van der Waals surface area contributed by atoms with Crippen molar-refractivity contribution < 1.29 is 5.11 Å². The van der Waals surface area contributed by atoms with E-state index in [1.54, 1.807) is 0 Å². The number of aliphatic hydroxyl groups is 1. The van der Waals surface area contributed by atoms with Crippen molar-refractivity contribution in [2.45, 2.75) is 25.5 Å². The van der Waals surface area contributed by atoms with E-state index in [2.05, 4.69) is 24.4 Å². The van der Waals surface area contributed by atoms with Gasteiger partial charge < -0.3 is 10.4 Å². The van der Waals surface area contributed by atoms with Gasteiger partial charge in [0.15, 0.2) is 0 Å². The lowest BCUT2D eigenvalue weighted by Gasteiger charge is -2.16. The molecule has 0 heterocycles. The van der Waals surface area contributed by atoms with Gasteiger partial charge in [0.05, 0.1) is 12.1 Å². The van der Waals surface area contributed by atoms with Gasteiger partial charge in [0, 0.05) is 6.42 Å². The first kappa shape index (κ1) is 8.73. The van der Waals surface area contributed by atoms with Crippen molar-refractivity contribution in [3.8, 4) is 0 Å². The first-order chi connectivity index (χ1) is 6.33. The molecular weight excluding hydrogens is 162 g/mol. The van der Waals surface area contributed by atoms with E-state index in [0.717, 1.165) is 13.0 Å². The minimum absolute atomic E-state index is 0.140. The summed E-state index contributed by atoms with van der Waals surface area (Å²) in [6.45, 7) is 2.96. The summed E-state index contributed by atoms with van der Waals surface area (Å²) in [6.07, 6.45) is 0.533. The summed E-state index contributed by atoms with van der Waals surface area (Å²) in [5, 5.41) is 13.1. The van der Waals surface area contributed by atoms with Crippen molar-refractivity contribution in [3.05, 3.63) is 35.4 Å². The number of rotatable bonds is 2. The molecule has 2 nitrogen and oxygen atoms in total. The Hall–Kier alpha value is -0.860. The third kappa shape index (κ3) is 1.47. The number of likely N-dealkylation sites (N-methyl/N-ethyl adjacent to an activating group) is 1. The van der Waals surface area contributed by atoms with E-state index in [9.17, 15) is 5.11 Å². The van der Waals surface area contributed by atoms with Crippen LogP contribution < -0.4 is 5.32 Å². The third-order valence-electron chi connectivity index (χ3n) is 2.63. The Kier molecular flexibility index (Phi) is 2.34. The molecule has 1 aliphatic rings. The van der Waals surface area contributed by atoms with Crippen molar-refractivity contribution in [1.29, 1.82) is 0 Å². The van der Waals surface area contributed by atoms with Crippen LogP contribution in [0.3, 0.4) is 0 Å². The summed E-state index contributed by atoms with van der Waals surface area (Å²) >= 11 is 0. The average molecular weight is 177 g/mol. The van der Waals surface area contributed by atoms with Crippen LogP contribution in [0.4, 0.5) is 0 Å². The molecule has 0 saturated heterocycles. The van der Waals surface area contributed by atoms with Gasteiger partial charge in [-0.15, -0.1) is 0 Å². The van der Waals surface area contributed by atoms with Crippen LogP contribution >= 0.6 is 0 Å². The monoisotopic (exact) mass is 177 g/mol. The Balaban J connectivity index is 2.29. The zero-order valence-corrected chi connectivity index (χ0v) is 7.83. The fraction of sp³-hybridized carbons (Fsp3) is 0.455. The van der Waals surface area contributed by atoms with E-state index in [1.165, 1.54) is 11.1 Å². The normalized spacial score (nSPS) is 26.0. The Bertz CT molecular complexity index is 298. The highest BCUT2D eigenvalue weighted by Crippen LogP contribution is 2.30. The second kappa shape index (κ2) is 3.48. The van der Waals surface area contributed by atoms with Gasteiger partial charge in [-0.05, 0) is 17.7 Å². The van der Waals surface area contributed by atoms with Crippen LogP contribution in [0.2, 0.25) is 0 Å². The molecule has 0 aliphatic heterocycles. The number of aliphatic hydroxyl groups excluding tert-OH is 1. The van der Waals surface area contributed by atoms with Gasteiger partial charge in [-0.25, -0.2) is 0 Å². The van der Waals surface area contributed by atoms with Crippen LogP contribution in [0.15, 0.2) is 24.3 Å². The molecule has 1 aromatic rings. The van der Waals surface area contributed by atoms with Gasteiger partial charge >= 0.3 is 0 Å². The molecule has 1 aliphatic carbocycles. The molecule has 2 rings (SSSR count). The molecule has 2 N–H and O–H groups in total. The number of fused-ring (bicyclic) bond motifs is 1. The summed E-state index contributed by atoms with van der Waals surface area (Å²) < 4.78 is 0. The minimum atomic E-state index is -0.252.